The summed E-state index contributed by atoms with van der Waals surface area (Å²) in [5.74, 6) is -0.00290. The number of thioether (sulfide) groups is 1. The lowest BCUT2D eigenvalue weighted by atomic mass is 10.1. The lowest BCUT2D eigenvalue weighted by molar-refractivity contribution is -0.122. The van der Waals surface area contributed by atoms with Crippen LogP contribution < -0.4 is 0 Å². The third-order valence-electron chi connectivity index (χ3n) is 6.53. The molecule has 4 nitrogen and oxygen atoms in total. The molecule has 0 radical (unpaired) electrons. The van der Waals surface area contributed by atoms with Crippen LogP contribution in [0.15, 0.2) is 94.8 Å². The second-order valence-electron chi connectivity index (χ2n) is 9.58. The molecule has 0 bridgehead atoms. The minimum Gasteiger partial charge on any atom is -0.318 e. The Balaban J connectivity index is 1.49. The predicted molar refractivity (Wildman–Crippen MR) is 155 cm³/mol. The number of hydrogen-bond acceptors (Lipinski definition) is 3. The Morgan fingerprint density at radius 1 is 0.811 bits per heavy atom. The first-order chi connectivity index (χ1) is 17.9. The van der Waals surface area contributed by atoms with Crippen molar-refractivity contribution in [2.75, 3.05) is 0 Å². The molecule has 1 aliphatic heterocycles. The van der Waals surface area contributed by atoms with Crippen LogP contribution in [0.4, 0.5) is 0 Å². The number of hydrogen-bond donors (Lipinski definition) is 0. The molecule has 0 aliphatic carbocycles. The highest BCUT2D eigenvalue weighted by Crippen LogP contribution is 2.35. The van der Waals surface area contributed by atoms with E-state index >= 15 is 0 Å². The van der Waals surface area contributed by atoms with Crippen LogP contribution in [0, 0.1) is 27.7 Å². The summed E-state index contributed by atoms with van der Waals surface area (Å²) in [6.45, 7) is 9.52. The number of rotatable bonds is 6. The number of carbonyl (C=O) groups is 1. The molecule has 1 amide bonds. The molecule has 186 valence electrons. The van der Waals surface area contributed by atoms with Crippen LogP contribution in [0.2, 0.25) is 0 Å². The lowest BCUT2D eigenvalue weighted by Crippen LogP contribution is -2.28. The van der Waals surface area contributed by atoms with Crippen molar-refractivity contribution in [3.05, 3.63) is 129 Å². The summed E-state index contributed by atoms with van der Waals surface area (Å²) in [5, 5.41) is 0.743. The summed E-state index contributed by atoms with van der Waals surface area (Å²) in [7, 11) is 0. The Kier molecular flexibility index (Phi) is 7.15. The minimum absolute atomic E-state index is 0.00290. The van der Waals surface area contributed by atoms with Gasteiger partial charge in [-0.3, -0.25) is 14.7 Å². The molecule has 4 aromatic rings. The fourth-order valence-electron chi connectivity index (χ4n) is 4.83. The van der Waals surface area contributed by atoms with Crippen molar-refractivity contribution in [2.45, 2.75) is 40.8 Å². The highest BCUT2D eigenvalue weighted by atomic mass is 32.2. The van der Waals surface area contributed by atoms with E-state index in [2.05, 4.69) is 68.7 Å². The predicted octanol–water partition coefficient (Wildman–Crippen LogP) is 7.38. The number of amides is 1. The van der Waals surface area contributed by atoms with Crippen molar-refractivity contribution < 1.29 is 4.79 Å². The zero-order valence-corrected chi connectivity index (χ0v) is 22.5. The van der Waals surface area contributed by atoms with Crippen LogP contribution in [0.5, 0.6) is 0 Å². The zero-order valence-electron chi connectivity index (χ0n) is 21.7. The van der Waals surface area contributed by atoms with Gasteiger partial charge in [0.15, 0.2) is 5.17 Å². The minimum atomic E-state index is -0.00290. The largest absolute Gasteiger partial charge is 0.318 e. The lowest BCUT2D eigenvalue weighted by Gasteiger charge is -2.15. The molecule has 1 saturated heterocycles. The number of benzene rings is 3. The number of aryl methyl sites for hydroxylation is 3. The maximum absolute atomic E-state index is 13.6. The van der Waals surface area contributed by atoms with E-state index < -0.39 is 0 Å². The van der Waals surface area contributed by atoms with Crippen LogP contribution >= 0.6 is 11.8 Å². The molecule has 0 spiro atoms. The van der Waals surface area contributed by atoms with E-state index in [4.69, 9.17) is 4.99 Å². The van der Waals surface area contributed by atoms with E-state index in [9.17, 15) is 4.79 Å². The van der Waals surface area contributed by atoms with Crippen LogP contribution in [0.1, 0.15) is 39.2 Å². The van der Waals surface area contributed by atoms with Gasteiger partial charge in [-0.2, -0.15) is 0 Å². The number of nitrogens with zero attached hydrogens (tertiary/aromatic N) is 3. The Labute approximate surface area is 223 Å². The molecule has 1 aliphatic rings. The Bertz CT molecular complexity index is 1480. The van der Waals surface area contributed by atoms with Crippen molar-refractivity contribution in [2.24, 2.45) is 4.99 Å². The van der Waals surface area contributed by atoms with Gasteiger partial charge in [-0.15, -0.1) is 0 Å². The molecular weight excluding hydrogens is 474 g/mol. The molecule has 1 aromatic heterocycles. The summed E-state index contributed by atoms with van der Waals surface area (Å²) in [4.78, 5) is 21.0. The van der Waals surface area contributed by atoms with Gasteiger partial charge >= 0.3 is 0 Å². The van der Waals surface area contributed by atoms with Crippen LogP contribution in [0.3, 0.4) is 0 Å². The van der Waals surface area contributed by atoms with E-state index in [1.54, 1.807) is 4.90 Å². The van der Waals surface area contributed by atoms with E-state index in [0.29, 0.717) is 18.0 Å². The SMILES string of the molecule is Cc1cc(C)cc(-n2c(C)cc(/C=C3/SC(=NCc4ccccc4)N(Cc4ccccc4)C3=O)c2C)c1. The first-order valence-corrected chi connectivity index (χ1v) is 13.3. The molecular formula is C32H31N3OS. The van der Waals surface area contributed by atoms with Gasteiger partial charge in [0.25, 0.3) is 5.91 Å². The van der Waals surface area contributed by atoms with E-state index in [0.717, 1.165) is 38.9 Å². The summed E-state index contributed by atoms with van der Waals surface area (Å²) >= 11 is 1.46. The van der Waals surface area contributed by atoms with Crippen LogP contribution in [0.25, 0.3) is 11.8 Å². The Hall–Kier alpha value is -3.83. The van der Waals surface area contributed by atoms with Gasteiger partial charge in [-0.05, 0) is 91.5 Å². The summed E-state index contributed by atoms with van der Waals surface area (Å²) in [5.41, 5.74) is 9.14. The maximum atomic E-state index is 13.6. The normalized spacial score (nSPS) is 15.8. The standard InChI is InChI=1S/C32H31N3OS/c1-22-15-23(2)17-29(16-22)35-24(3)18-28(25(35)4)19-30-31(36)34(21-27-13-9-6-10-14-27)32(37-30)33-20-26-11-7-5-8-12-26/h5-19H,20-21H2,1-4H3/b30-19+,33-32?. The number of amidine groups is 1. The second-order valence-corrected chi connectivity index (χ2v) is 10.6. The highest BCUT2D eigenvalue weighted by Gasteiger charge is 2.33. The van der Waals surface area contributed by atoms with Gasteiger partial charge in [0.2, 0.25) is 0 Å². The molecule has 0 atom stereocenters. The van der Waals surface area contributed by atoms with E-state index in [1.807, 2.05) is 54.6 Å². The molecule has 37 heavy (non-hydrogen) atoms. The summed E-state index contributed by atoms with van der Waals surface area (Å²) in [6, 6.07) is 29.0. The second kappa shape index (κ2) is 10.7. The summed E-state index contributed by atoms with van der Waals surface area (Å²) in [6.07, 6.45) is 2.03. The average molecular weight is 506 g/mol. The molecule has 2 heterocycles. The Morgan fingerprint density at radius 2 is 1.43 bits per heavy atom. The number of aromatic nitrogens is 1. The zero-order chi connectivity index (χ0) is 25.9. The van der Waals surface area contributed by atoms with Gasteiger partial charge < -0.3 is 4.57 Å². The van der Waals surface area contributed by atoms with Crippen molar-refractivity contribution in [3.8, 4) is 5.69 Å². The first-order valence-electron chi connectivity index (χ1n) is 12.5. The molecule has 0 unspecified atom stereocenters. The van der Waals surface area contributed by atoms with Crippen LogP contribution in [-0.2, 0) is 17.9 Å². The van der Waals surface area contributed by atoms with Crippen molar-refractivity contribution in [1.29, 1.82) is 0 Å². The van der Waals surface area contributed by atoms with Crippen molar-refractivity contribution >= 4 is 28.9 Å². The van der Waals surface area contributed by atoms with Gasteiger partial charge in [0.1, 0.15) is 0 Å². The first kappa shape index (κ1) is 24.8. The topological polar surface area (TPSA) is 37.6 Å². The van der Waals surface area contributed by atoms with E-state index in [1.165, 1.54) is 22.9 Å². The number of aliphatic imine (C=N–C) groups is 1. The number of carbonyl (C=O) groups excluding carboxylic acids is 1. The van der Waals surface area contributed by atoms with Gasteiger partial charge in [-0.25, -0.2) is 0 Å². The monoisotopic (exact) mass is 505 g/mol. The molecule has 5 heteroatoms. The maximum Gasteiger partial charge on any atom is 0.267 e. The fourth-order valence-corrected chi connectivity index (χ4v) is 5.79. The van der Waals surface area contributed by atoms with Crippen LogP contribution in [-0.4, -0.2) is 20.5 Å². The average Bonchev–Trinajstić information content (AvgIpc) is 3.33. The van der Waals surface area contributed by atoms with Gasteiger partial charge in [-0.1, -0.05) is 66.7 Å². The van der Waals surface area contributed by atoms with Crippen molar-refractivity contribution in [1.82, 2.24) is 9.47 Å². The molecule has 1 fully saturated rings. The fraction of sp³-hybridized carbons (Fsp3) is 0.188. The van der Waals surface area contributed by atoms with E-state index in [-0.39, 0.29) is 5.91 Å². The molecule has 3 aromatic carbocycles. The quantitative estimate of drug-likeness (QED) is 0.256. The summed E-state index contributed by atoms with van der Waals surface area (Å²) < 4.78 is 2.27. The van der Waals surface area contributed by atoms with Crippen molar-refractivity contribution in [3.63, 3.8) is 0 Å². The molecule has 0 saturated carbocycles. The van der Waals surface area contributed by atoms with Gasteiger partial charge in [0.05, 0.1) is 18.0 Å². The third-order valence-corrected chi connectivity index (χ3v) is 7.58. The third kappa shape index (κ3) is 5.47. The highest BCUT2D eigenvalue weighted by molar-refractivity contribution is 8.18. The smallest absolute Gasteiger partial charge is 0.267 e. The molecule has 0 N–H and O–H groups in total. The van der Waals surface area contributed by atoms with Gasteiger partial charge in [0, 0.05) is 17.1 Å². The Morgan fingerprint density at radius 3 is 2.08 bits per heavy atom. The molecule has 5 rings (SSSR count).